The molecule has 1 N–H and O–H groups in total. The van der Waals surface area contributed by atoms with Gasteiger partial charge in [0.05, 0.1) is 6.07 Å². The molecule has 3 unspecified atom stereocenters. The fourth-order valence-corrected chi connectivity index (χ4v) is 4.33. The lowest BCUT2D eigenvalue weighted by Gasteiger charge is -2.31. The van der Waals surface area contributed by atoms with Crippen molar-refractivity contribution in [2.75, 3.05) is 26.2 Å². The number of rotatable bonds is 8. The lowest BCUT2D eigenvalue weighted by atomic mass is 9.85. The standard InChI is InChI=1S/C18H33N3/c1-3-6-16-8-12-21(14-16)13-9-17-7-5-10-18(17,15-19)20-11-4-2/h16-17,20H,3-14H2,1-2H3. The maximum atomic E-state index is 9.69. The van der Waals surface area contributed by atoms with Gasteiger partial charge in [-0.1, -0.05) is 26.7 Å². The van der Waals surface area contributed by atoms with Crippen LogP contribution in [0.25, 0.3) is 0 Å². The molecular formula is C18H33N3. The van der Waals surface area contributed by atoms with Crippen LogP contribution >= 0.6 is 0 Å². The third kappa shape index (κ3) is 4.20. The van der Waals surface area contributed by atoms with Crippen LogP contribution in [-0.2, 0) is 0 Å². The smallest absolute Gasteiger partial charge is 0.109 e. The summed E-state index contributed by atoms with van der Waals surface area (Å²) in [7, 11) is 0. The molecule has 1 aliphatic heterocycles. The molecule has 3 nitrogen and oxygen atoms in total. The van der Waals surface area contributed by atoms with Crippen molar-refractivity contribution >= 4 is 0 Å². The van der Waals surface area contributed by atoms with Crippen molar-refractivity contribution in [2.24, 2.45) is 11.8 Å². The van der Waals surface area contributed by atoms with Crippen molar-refractivity contribution in [1.82, 2.24) is 10.2 Å². The second-order valence-corrected chi connectivity index (χ2v) is 7.13. The fourth-order valence-electron chi connectivity index (χ4n) is 4.33. The van der Waals surface area contributed by atoms with E-state index < -0.39 is 0 Å². The second kappa shape index (κ2) is 8.15. The van der Waals surface area contributed by atoms with Gasteiger partial charge in [0.15, 0.2) is 0 Å². The predicted molar refractivity (Wildman–Crippen MR) is 88.1 cm³/mol. The summed E-state index contributed by atoms with van der Waals surface area (Å²) < 4.78 is 0. The largest absolute Gasteiger partial charge is 0.303 e. The average molecular weight is 291 g/mol. The van der Waals surface area contributed by atoms with Gasteiger partial charge in [-0.2, -0.15) is 5.26 Å². The zero-order valence-electron chi connectivity index (χ0n) is 14.0. The van der Waals surface area contributed by atoms with Gasteiger partial charge in [-0.05, 0) is 70.0 Å². The highest BCUT2D eigenvalue weighted by Gasteiger charge is 2.42. The van der Waals surface area contributed by atoms with E-state index in [1.807, 2.05) is 0 Å². The number of nitrogens with zero attached hydrogens (tertiary/aromatic N) is 2. The predicted octanol–water partition coefficient (Wildman–Crippen LogP) is 3.56. The zero-order chi connectivity index (χ0) is 15.1. The summed E-state index contributed by atoms with van der Waals surface area (Å²) in [5, 5.41) is 13.3. The van der Waals surface area contributed by atoms with Crippen molar-refractivity contribution in [1.29, 1.82) is 5.26 Å². The molecule has 1 saturated heterocycles. The Labute approximate surface area is 131 Å². The summed E-state index contributed by atoms with van der Waals surface area (Å²) in [5.41, 5.74) is -0.224. The summed E-state index contributed by atoms with van der Waals surface area (Å²) in [5.74, 6) is 1.48. The first kappa shape index (κ1) is 16.8. The molecule has 21 heavy (non-hydrogen) atoms. The molecule has 120 valence electrons. The van der Waals surface area contributed by atoms with Crippen LogP contribution < -0.4 is 5.32 Å². The molecule has 1 aliphatic carbocycles. The molecule has 0 aromatic rings. The van der Waals surface area contributed by atoms with Gasteiger partial charge in [0.25, 0.3) is 0 Å². The van der Waals surface area contributed by atoms with E-state index in [2.05, 4.69) is 30.1 Å². The molecule has 1 heterocycles. The Morgan fingerprint density at radius 2 is 2.10 bits per heavy atom. The van der Waals surface area contributed by atoms with E-state index in [1.165, 1.54) is 58.2 Å². The van der Waals surface area contributed by atoms with Gasteiger partial charge in [-0.25, -0.2) is 0 Å². The molecule has 0 aromatic heterocycles. The monoisotopic (exact) mass is 291 g/mol. The summed E-state index contributed by atoms with van der Waals surface area (Å²) in [6, 6.07) is 2.64. The van der Waals surface area contributed by atoms with Crippen LogP contribution in [0, 0.1) is 23.2 Å². The van der Waals surface area contributed by atoms with Crippen LogP contribution in [-0.4, -0.2) is 36.6 Å². The summed E-state index contributed by atoms with van der Waals surface area (Å²) in [6.45, 7) is 9.22. The minimum Gasteiger partial charge on any atom is -0.303 e. The Morgan fingerprint density at radius 3 is 2.81 bits per heavy atom. The third-order valence-electron chi connectivity index (χ3n) is 5.57. The normalized spacial score (nSPS) is 33.4. The quantitative estimate of drug-likeness (QED) is 0.743. The minimum atomic E-state index is -0.224. The van der Waals surface area contributed by atoms with Gasteiger partial charge in [0.1, 0.15) is 5.54 Å². The van der Waals surface area contributed by atoms with E-state index in [4.69, 9.17) is 0 Å². The van der Waals surface area contributed by atoms with Gasteiger partial charge < -0.3 is 4.90 Å². The van der Waals surface area contributed by atoms with Crippen molar-refractivity contribution < 1.29 is 0 Å². The number of hydrogen-bond acceptors (Lipinski definition) is 3. The topological polar surface area (TPSA) is 39.1 Å². The maximum Gasteiger partial charge on any atom is 0.109 e. The molecule has 0 radical (unpaired) electrons. The Kier molecular flexibility index (Phi) is 6.51. The molecular weight excluding hydrogens is 258 g/mol. The SMILES string of the molecule is CCCNC1(C#N)CCCC1CCN1CCC(CCC)C1. The highest BCUT2D eigenvalue weighted by molar-refractivity contribution is 5.14. The molecule has 0 bridgehead atoms. The highest BCUT2D eigenvalue weighted by atomic mass is 15.1. The minimum absolute atomic E-state index is 0.224. The summed E-state index contributed by atoms with van der Waals surface area (Å²) in [6.07, 6.45) is 9.90. The Hall–Kier alpha value is -0.590. The Balaban J connectivity index is 1.80. The first-order valence-corrected chi connectivity index (χ1v) is 9.12. The van der Waals surface area contributed by atoms with Crippen LogP contribution in [0.1, 0.15) is 65.2 Å². The van der Waals surface area contributed by atoms with E-state index in [9.17, 15) is 5.26 Å². The van der Waals surface area contributed by atoms with E-state index in [0.717, 1.165) is 25.3 Å². The van der Waals surface area contributed by atoms with Crippen molar-refractivity contribution in [3.05, 3.63) is 0 Å². The lowest BCUT2D eigenvalue weighted by Crippen LogP contribution is -2.48. The van der Waals surface area contributed by atoms with Gasteiger partial charge >= 0.3 is 0 Å². The van der Waals surface area contributed by atoms with Crippen LogP contribution in [0.15, 0.2) is 0 Å². The lowest BCUT2D eigenvalue weighted by molar-refractivity contribution is 0.244. The molecule has 0 spiro atoms. The van der Waals surface area contributed by atoms with Gasteiger partial charge in [-0.15, -0.1) is 0 Å². The maximum absolute atomic E-state index is 9.69. The number of likely N-dealkylation sites (tertiary alicyclic amines) is 1. The Morgan fingerprint density at radius 1 is 1.24 bits per heavy atom. The molecule has 1 saturated carbocycles. The van der Waals surface area contributed by atoms with Crippen molar-refractivity contribution in [3.8, 4) is 6.07 Å². The molecule has 3 atom stereocenters. The van der Waals surface area contributed by atoms with Crippen LogP contribution in [0.4, 0.5) is 0 Å². The van der Waals surface area contributed by atoms with E-state index in [-0.39, 0.29) is 5.54 Å². The van der Waals surface area contributed by atoms with Gasteiger partial charge in [0.2, 0.25) is 0 Å². The first-order chi connectivity index (χ1) is 10.2. The molecule has 2 rings (SSSR count). The van der Waals surface area contributed by atoms with Crippen molar-refractivity contribution in [2.45, 2.75) is 70.8 Å². The van der Waals surface area contributed by atoms with E-state index in [0.29, 0.717) is 5.92 Å². The van der Waals surface area contributed by atoms with Crippen LogP contribution in [0.5, 0.6) is 0 Å². The van der Waals surface area contributed by atoms with Gasteiger partial charge in [0, 0.05) is 6.54 Å². The molecule has 0 aromatic carbocycles. The summed E-state index contributed by atoms with van der Waals surface area (Å²) in [4.78, 5) is 2.64. The molecule has 0 amide bonds. The van der Waals surface area contributed by atoms with Crippen LogP contribution in [0.3, 0.4) is 0 Å². The third-order valence-corrected chi connectivity index (χ3v) is 5.57. The highest BCUT2D eigenvalue weighted by Crippen LogP contribution is 2.38. The Bertz CT molecular complexity index is 349. The number of nitriles is 1. The average Bonchev–Trinajstić information content (AvgIpc) is 3.10. The zero-order valence-corrected chi connectivity index (χ0v) is 14.0. The fraction of sp³-hybridized carbons (Fsp3) is 0.944. The molecule has 2 aliphatic rings. The number of hydrogen-bond donors (Lipinski definition) is 1. The van der Waals surface area contributed by atoms with Crippen molar-refractivity contribution in [3.63, 3.8) is 0 Å². The molecule has 3 heteroatoms. The van der Waals surface area contributed by atoms with Gasteiger partial charge in [-0.3, -0.25) is 5.32 Å². The van der Waals surface area contributed by atoms with E-state index in [1.54, 1.807) is 0 Å². The van der Waals surface area contributed by atoms with E-state index >= 15 is 0 Å². The number of nitrogens with one attached hydrogen (secondary N) is 1. The van der Waals surface area contributed by atoms with Crippen LogP contribution in [0.2, 0.25) is 0 Å². The second-order valence-electron chi connectivity index (χ2n) is 7.13. The first-order valence-electron chi connectivity index (χ1n) is 9.12. The summed E-state index contributed by atoms with van der Waals surface area (Å²) >= 11 is 0. The molecule has 2 fully saturated rings.